The van der Waals surface area contributed by atoms with Crippen molar-refractivity contribution in [2.75, 3.05) is 5.32 Å². The van der Waals surface area contributed by atoms with Gasteiger partial charge in [0.25, 0.3) is 0 Å². The van der Waals surface area contributed by atoms with Crippen molar-refractivity contribution in [2.45, 2.75) is 84.4 Å². The summed E-state index contributed by atoms with van der Waals surface area (Å²) < 4.78 is 7.83. The number of hydrogen-bond donors (Lipinski definition) is 2. The Morgan fingerprint density at radius 1 is 1.00 bits per heavy atom. The highest BCUT2D eigenvalue weighted by molar-refractivity contribution is 5.97. The van der Waals surface area contributed by atoms with Crippen molar-refractivity contribution in [3.8, 4) is 11.1 Å². The van der Waals surface area contributed by atoms with E-state index in [1.807, 2.05) is 81.4 Å². The quantitative estimate of drug-likeness (QED) is 0.205. The van der Waals surface area contributed by atoms with Crippen LogP contribution in [0.3, 0.4) is 0 Å². The van der Waals surface area contributed by atoms with Crippen LogP contribution in [-0.4, -0.2) is 33.2 Å². The topological polar surface area (TPSA) is 85.3 Å². The summed E-state index contributed by atoms with van der Waals surface area (Å²) in [4.78, 5) is 30.5. The SMILES string of the molecule is CC/C=C/c1nc2ccc(NC(=O)NC3CCCCC3)cc2n1Cc1ccc(-c2ccccc2C(=O)OC(C)(C)C)cc1. The number of ether oxygens (including phenoxy) is 1. The zero-order valence-corrected chi connectivity index (χ0v) is 25.7. The molecule has 224 valence electrons. The highest BCUT2D eigenvalue weighted by Gasteiger charge is 2.21. The normalized spacial score (nSPS) is 14.2. The summed E-state index contributed by atoms with van der Waals surface area (Å²) in [5.74, 6) is 0.529. The number of imidazole rings is 1. The molecule has 1 fully saturated rings. The number of allylic oxidation sites excluding steroid dienone is 1. The van der Waals surface area contributed by atoms with Crippen LogP contribution in [0.5, 0.6) is 0 Å². The van der Waals surface area contributed by atoms with Gasteiger partial charge in [-0.1, -0.05) is 74.7 Å². The van der Waals surface area contributed by atoms with Crippen molar-refractivity contribution in [1.82, 2.24) is 14.9 Å². The van der Waals surface area contributed by atoms with Gasteiger partial charge in [-0.3, -0.25) is 0 Å². The third-order valence-electron chi connectivity index (χ3n) is 7.63. The average molecular weight is 579 g/mol. The zero-order chi connectivity index (χ0) is 30.4. The van der Waals surface area contributed by atoms with E-state index >= 15 is 0 Å². The summed E-state index contributed by atoms with van der Waals surface area (Å²) in [6.45, 7) is 8.32. The Hall–Kier alpha value is -4.39. The van der Waals surface area contributed by atoms with E-state index in [1.165, 1.54) is 19.3 Å². The number of nitrogens with one attached hydrogen (secondary N) is 2. The first-order valence-corrected chi connectivity index (χ1v) is 15.4. The number of carbonyl (C=O) groups excluding carboxylic acids is 2. The lowest BCUT2D eigenvalue weighted by Crippen LogP contribution is -2.39. The van der Waals surface area contributed by atoms with Gasteiger partial charge < -0.3 is 19.9 Å². The molecule has 5 rings (SSSR count). The Morgan fingerprint density at radius 3 is 2.47 bits per heavy atom. The summed E-state index contributed by atoms with van der Waals surface area (Å²) in [6.07, 6.45) is 10.7. The van der Waals surface area contributed by atoms with Crippen LogP contribution in [0.1, 0.15) is 88.0 Å². The van der Waals surface area contributed by atoms with Gasteiger partial charge in [0.05, 0.1) is 16.6 Å². The lowest BCUT2D eigenvalue weighted by atomic mass is 9.96. The van der Waals surface area contributed by atoms with Crippen molar-refractivity contribution in [3.05, 3.63) is 89.8 Å². The van der Waals surface area contributed by atoms with Crippen LogP contribution in [0.4, 0.5) is 10.5 Å². The van der Waals surface area contributed by atoms with Crippen molar-refractivity contribution in [1.29, 1.82) is 0 Å². The Bertz CT molecular complexity index is 1610. The molecule has 7 heteroatoms. The van der Waals surface area contributed by atoms with Crippen LogP contribution in [-0.2, 0) is 11.3 Å². The van der Waals surface area contributed by atoms with E-state index in [0.717, 1.165) is 58.5 Å². The molecule has 1 aliphatic carbocycles. The minimum atomic E-state index is -0.569. The molecule has 0 radical (unpaired) electrons. The Kier molecular flexibility index (Phi) is 9.29. The van der Waals surface area contributed by atoms with Gasteiger partial charge in [-0.15, -0.1) is 0 Å². The molecule has 2 N–H and O–H groups in total. The molecule has 0 bridgehead atoms. The first-order valence-electron chi connectivity index (χ1n) is 15.4. The van der Waals surface area contributed by atoms with Crippen LogP contribution < -0.4 is 10.6 Å². The lowest BCUT2D eigenvalue weighted by molar-refractivity contribution is 0.00704. The van der Waals surface area contributed by atoms with Gasteiger partial charge in [0.2, 0.25) is 0 Å². The summed E-state index contributed by atoms with van der Waals surface area (Å²) in [7, 11) is 0. The van der Waals surface area contributed by atoms with Gasteiger partial charge >= 0.3 is 12.0 Å². The molecule has 1 aliphatic rings. The fraction of sp³-hybridized carbons (Fsp3) is 0.361. The number of hydrogen-bond acceptors (Lipinski definition) is 4. The average Bonchev–Trinajstić information content (AvgIpc) is 3.32. The Labute approximate surface area is 254 Å². The van der Waals surface area contributed by atoms with Crippen LogP contribution in [0.2, 0.25) is 0 Å². The van der Waals surface area contributed by atoms with Crippen LogP contribution in [0.15, 0.2) is 72.8 Å². The minimum absolute atomic E-state index is 0.161. The van der Waals surface area contributed by atoms with Gasteiger partial charge in [0.15, 0.2) is 0 Å². The van der Waals surface area contributed by atoms with Crippen molar-refractivity contribution < 1.29 is 14.3 Å². The Morgan fingerprint density at radius 2 is 1.74 bits per heavy atom. The molecule has 0 atom stereocenters. The minimum Gasteiger partial charge on any atom is -0.456 e. The van der Waals surface area contributed by atoms with E-state index in [1.54, 1.807) is 0 Å². The van der Waals surface area contributed by atoms with Crippen molar-refractivity contribution >= 4 is 34.8 Å². The van der Waals surface area contributed by atoms with Gasteiger partial charge in [-0.2, -0.15) is 0 Å². The number of urea groups is 1. The van der Waals surface area contributed by atoms with Gasteiger partial charge in [-0.05, 0) is 87.1 Å². The molecule has 0 aliphatic heterocycles. The molecule has 1 aromatic heterocycles. The fourth-order valence-electron chi connectivity index (χ4n) is 5.55. The van der Waals surface area contributed by atoms with Gasteiger partial charge in [0, 0.05) is 18.3 Å². The number of esters is 1. The molecule has 4 aromatic rings. The predicted octanol–water partition coefficient (Wildman–Crippen LogP) is 8.58. The number of amides is 2. The first-order chi connectivity index (χ1) is 20.7. The van der Waals surface area contributed by atoms with E-state index in [9.17, 15) is 9.59 Å². The monoisotopic (exact) mass is 578 g/mol. The second-order valence-corrected chi connectivity index (χ2v) is 12.2. The van der Waals surface area contributed by atoms with Crippen LogP contribution >= 0.6 is 0 Å². The Balaban J connectivity index is 1.39. The van der Waals surface area contributed by atoms with Crippen LogP contribution in [0, 0.1) is 0 Å². The summed E-state index contributed by atoms with van der Waals surface area (Å²) in [5.41, 5.74) is 5.42. The van der Waals surface area contributed by atoms with E-state index in [0.29, 0.717) is 12.1 Å². The van der Waals surface area contributed by atoms with Crippen molar-refractivity contribution in [3.63, 3.8) is 0 Å². The highest BCUT2D eigenvalue weighted by atomic mass is 16.6. The standard InChI is InChI=1S/C36H42N4O3/c1-5-6-16-33-39-31-22-21-28(38-35(42)37-27-12-8-7-9-13-27)23-32(31)40(33)24-25-17-19-26(20-18-25)29-14-10-11-15-30(29)34(41)43-36(2,3)4/h6,10-11,14-23,27H,5,7-9,12-13,24H2,1-4H3,(H2,37,38,42)/b16-6+. The molecule has 43 heavy (non-hydrogen) atoms. The molecule has 2 amide bonds. The van der Waals surface area contributed by atoms with E-state index in [-0.39, 0.29) is 18.0 Å². The number of nitrogens with zero attached hydrogens (tertiary/aromatic N) is 2. The molecule has 1 saturated carbocycles. The summed E-state index contributed by atoms with van der Waals surface area (Å²) >= 11 is 0. The number of aromatic nitrogens is 2. The molecular weight excluding hydrogens is 536 g/mol. The number of carbonyl (C=O) groups is 2. The smallest absolute Gasteiger partial charge is 0.339 e. The molecule has 1 heterocycles. The maximum atomic E-state index is 12.9. The van der Waals surface area contributed by atoms with E-state index in [4.69, 9.17) is 9.72 Å². The fourth-order valence-corrected chi connectivity index (χ4v) is 5.55. The second kappa shape index (κ2) is 13.3. The molecule has 3 aromatic carbocycles. The number of rotatable bonds is 8. The first kappa shape index (κ1) is 30.1. The predicted molar refractivity (Wildman–Crippen MR) is 174 cm³/mol. The van der Waals surface area contributed by atoms with Crippen molar-refractivity contribution in [2.24, 2.45) is 0 Å². The highest BCUT2D eigenvalue weighted by Crippen LogP contribution is 2.28. The number of benzene rings is 3. The molecule has 0 unspecified atom stereocenters. The molecule has 7 nitrogen and oxygen atoms in total. The maximum absolute atomic E-state index is 12.9. The van der Waals surface area contributed by atoms with E-state index < -0.39 is 5.60 Å². The lowest BCUT2D eigenvalue weighted by Gasteiger charge is -2.22. The maximum Gasteiger partial charge on any atom is 0.339 e. The summed E-state index contributed by atoms with van der Waals surface area (Å²) in [5, 5.41) is 6.16. The largest absolute Gasteiger partial charge is 0.456 e. The third-order valence-corrected chi connectivity index (χ3v) is 7.63. The van der Waals surface area contributed by atoms with E-state index in [2.05, 4.69) is 40.3 Å². The molecule has 0 saturated heterocycles. The number of anilines is 1. The zero-order valence-electron chi connectivity index (χ0n) is 25.7. The molecule has 0 spiro atoms. The second-order valence-electron chi connectivity index (χ2n) is 12.2. The molecular formula is C36H42N4O3. The summed E-state index contributed by atoms with van der Waals surface area (Å²) in [6, 6.07) is 21.7. The third kappa shape index (κ3) is 7.72. The van der Waals surface area contributed by atoms with Gasteiger partial charge in [-0.25, -0.2) is 14.6 Å². The van der Waals surface area contributed by atoms with Gasteiger partial charge in [0.1, 0.15) is 11.4 Å². The number of fused-ring (bicyclic) bond motifs is 1. The van der Waals surface area contributed by atoms with Crippen LogP contribution in [0.25, 0.3) is 28.2 Å².